The highest BCUT2D eigenvalue weighted by Crippen LogP contribution is 2.28. The smallest absolute Gasteiger partial charge is 0.119 e. The van der Waals surface area contributed by atoms with Gasteiger partial charge in [-0.15, -0.1) is 0 Å². The third kappa shape index (κ3) is 3.19. The first kappa shape index (κ1) is 14.2. The second-order valence-corrected chi connectivity index (χ2v) is 5.29. The molecular weight excluding hydrogens is 306 g/mol. The highest BCUT2D eigenvalue weighted by molar-refractivity contribution is 9.10. The molecule has 0 saturated heterocycles. The maximum atomic E-state index is 5.38. The second kappa shape index (κ2) is 6.26. The lowest BCUT2D eigenvalue weighted by atomic mass is 9.99. The van der Waals surface area contributed by atoms with Crippen molar-refractivity contribution in [1.82, 2.24) is 5.32 Å². The predicted octanol–water partition coefficient (Wildman–Crippen LogP) is 3.86. The first-order valence-electron chi connectivity index (χ1n) is 6.19. The van der Waals surface area contributed by atoms with E-state index in [1.807, 2.05) is 32.2 Å². The average Bonchev–Trinajstić information content (AvgIpc) is 2.84. The minimum absolute atomic E-state index is 0.224. The molecule has 0 saturated carbocycles. The van der Waals surface area contributed by atoms with E-state index >= 15 is 0 Å². The summed E-state index contributed by atoms with van der Waals surface area (Å²) < 4.78 is 11.8. The summed E-state index contributed by atoms with van der Waals surface area (Å²) in [6.07, 6.45) is 2.60. The van der Waals surface area contributed by atoms with Gasteiger partial charge in [0.2, 0.25) is 0 Å². The van der Waals surface area contributed by atoms with Crippen LogP contribution in [0.3, 0.4) is 0 Å². The molecule has 1 aromatic carbocycles. The molecule has 4 heteroatoms. The number of halogens is 1. The summed E-state index contributed by atoms with van der Waals surface area (Å²) in [5.41, 5.74) is 2.40. The molecule has 1 atom stereocenters. The summed E-state index contributed by atoms with van der Waals surface area (Å²) in [4.78, 5) is 0. The molecule has 0 fully saturated rings. The van der Waals surface area contributed by atoms with E-state index in [-0.39, 0.29) is 6.04 Å². The number of furan rings is 1. The number of likely N-dealkylation sites (N-methyl/N-ethyl adjacent to an activating group) is 1. The van der Waals surface area contributed by atoms with Crippen LogP contribution in [0, 0.1) is 6.92 Å². The van der Waals surface area contributed by atoms with Gasteiger partial charge >= 0.3 is 0 Å². The van der Waals surface area contributed by atoms with Gasteiger partial charge in [-0.1, -0.05) is 15.9 Å². The molecule has 3 nitrogen and oxygen atoms in total. The van der Waals surface area contributed by atoms with Crippen molar-refractivity contribution < 1.29 is 9.15 Å². The van der Waals surface area contributed by atoms with Gasteiger partial charge in [0.05, 0.1) is 13.4 Å². The van der Waals surface area contributed by atoms with Crippen molar-refractivity contribution in [2.75, 3.05) is 14.2 Å². The summed E-state index contributed by atoms with van der Waals surface area (Å²) in [6, 6.07) is 8.27. The third-order valence-electron chi connectivity index (χ3n) is 3.30. The van der Waals surface area contributed by atoms with Crippen molar-refractivity contribution in [3.05, 3.63) is 51.9 Å². The summed E-state index contributed by atoms with van der Waals surface area (Å²) in [5, 5.41) is 3.34. The van der Waals surface area contributed by atoms with Gasteiger partial charge in [-0.25, -0.2) is 0 Å². The third-order valence-corrected chi connectivity index (χ3v) is 4.07. The van der Waals surface area contributed by atoms with Crippen LogP contribution in [0.1, 0.15) is 22.9 Å². The number of nitrogens with one attached hydrogen (secondary N) is 1. The first-order valence-corrected chi connectivity index (χ1v) is 6.98. The number of rotatable bonds is 5. The lowest BCUT2D eigenvalue weighted by molar-refractivity contribution is 0.413. The highest BCUT2D eigenvalue weighted by atomic mass is 79.9. The molecule has 0 aliphatic rings. The highest BCUT2D eigenvalue weighted by Gasteiger charge is 2.16. The van der Waals surface area contributed by atoms with Gasteiger partial charge in [-0.05, 0) is 50.2 Å². The lowest BCUT2D eigenvalue weighted by Crippen LogP contribution is -2.19. The van der Waals surface area contributed by atoms with Crippen LogP contribution in [0.25, 0.3) is 0 Å². The molecule has 0 bridgehead atoms. The fourth-order valence-corrected chi connectivity index (χ4v) is 2.59. The number of ether oxygens (including phenoxy) is 1. The quantitative estimate of drug-likeness (QED) is 0.907. The minimum atomic E-state index is 0.224. The van der Waals surface area contributed by atoms with Gasteiger partial charge in [0.25, 0.3) is 0 Å². The number of hydrogen-bond donors (Lipinski definition) is 1. The van der Waals surface area contributed by atoms with Crippen LogP contribution >= 0.6 is 15.9 Å². The summed E-state index contributed by atoms with van der Waals surface area (Å²) >= 11 is 3.59. The van der Waals surface area contributed by atoms with E-state index in [1.54, 1.807) is 13.4 Å². The van der Waals surface area contributed by atoms with E-state index in [0.717, 1.165) is 22.4 Å². The summed E-state index contributed by atoms with van der Waals surface area (Å²) in [6.45, 7) is 1.99. The molecule has 0 spiro atoms. The molecule has 0 aliphatic heterocycles. The standard InChI is InChI=1S/C15H18BrNO2/c1-10-13(6-7-19-10)15(17-2)9-11-8-12(18-3)4-5-14(11)16/h4-8,15,17H,9H2,1-3H3. The summed E-state index contributed by atoms with van der Waals surface area (Å²) in [5.74, 6) is 1.83. The molecule has 0 radical (unpaired) electrons. The first-order chi connectivity index (χ1) is 9.15. The number of aryl methyl sites for hydroxylation is 1. The molecule has 102 valence electrons. The SMILES string of the molecule is CNC(Cc1cc(OC)ccc1Br)c1ccoc1C. The lowest BCUT2D eigenvalue weighted by Gasteiger charge is -2.17. The number of hydrogen-bond acceptors (Lipinski definition) is 3. The zero-order valence-electron chi connectivity index (χ0n) is 11.4. The average molecular weight is 324 g/mol. The topological polar surface area (TPSA) is 34.4 Å². The fourth-order valence-electron chi connectivity index (χ4n) is 2.18. The zero-order chi connectivity index (χ0) is 13.8. The number of benzene rings is 1. The van der Waals surface area contributed by atoms with Crippen LogP contribution in [-0.4, -0.2) is 14.2 Å². The van der Waals surface area contributed by atoms with Crippen LogP contribution < -0.4 is 10.1 Å². The van der Waals surface area contributed by atoms with Gasteiger partial charge in [-0.3, -0.25) is 0 Å². The Kier molecular flexibility index (Phi) is 4.66. The van der Waals surface area contributed by atoms with Crippen LogP contribution in [0.5, 0.6) is 5.75 Å². The molecule has 0 amide bonds. The van der Waals surface area contributed by atoms with Crippen LogP contribution in [-0.2, 0) is 6.42 Å². The molecule has 19 heavy (non-hydrogen) atoms. The minimum Gasteiger partial charge on any atom is -0.497 e. The Bertz CT molecular complexity index is 551. The van der Waals surface area contributed by atoms with Gasteiger partial charge in [0.15, 0.2) is 0 Å². The summed E-state index contributed by atoms with van der Waals surface area (Å²) in [7, 11) is 3.65. The van der Waals surface area contributed by atoms with Crippen LogP contribution in [0.15, 0.2) is 39.4 Å². The Labute approximate surface area is 122 Å². The molecule has 1 unspecified atom stereocenters. The van der Waals surface area contributed by atoms with E-state index in [4.69, 9.17) is 9.15 Å². The van der Waals surface area contributed by atoms with Gasteiger partial charge in [-0.2, -0.15) is 0 Å². The van der Waals surface area contributed by atoms with Gasteiger partial charge in [0.1, 0.15) is 11.5 Å². The predicted molar refractivity (Wildman–Crippen MR) is 79.6 cm³/mol. The Balaban J connectivity index is 2.26. The van der Waals surface area contributed by atoms with Crippen LogP contribution in [0.4, 0.5) is 0 Å². The molecule has 0 aliphatic carbocycles. The zero-order valence-corrected chi connectivity index (χ0v) is 13.0. The molecule has 1 N–H and O–H groups in total. The molecular formula is C15H18BrNO2. The monoisotopic (exact) mass is 323 g/mol. The fraction of sp³-hybridized carbons (Fsp3) is 0.333. The van der Waals surface area contributed by atoms with E-state index in [1.165, 1.54) is 11.1 Å². The van der Waals surface area contributed by atoms with E-state index in [0.29, 0.717) is 0 Å². The molecule has 1 aromatic heterocycles. The van der Waals surface area contributed by atoms with E-state index in [9.17, 15) is 0 Å². The largest absolute Gasteiger partial charge is 0.497 e. The van der Waals surface area contributed by atoms with Gasteiger partial charge < -0.3 is 14.5 Å². The van der Waals surface area contributed by atoms with Crippen molar-refractivity contribution >= 4 is 15.9 Å². The van der Waals surface area contributed by atoms with Crippen LogP contribution in [0.2, 0.25) is 0 Å². The van der Waals surface area contributed by atoms with Gasteiger partial charge in [0, 0.05) is 16.1 Å². The normalized spacial score (nSPS) is 12.4. The Morgan fingerprint density at radius 2 is 2.16 bits per heavy atom. The Morgan fingerprint density at radius 3 is 2.74 bits per heavy atom. The van der Waals surface area contributed by atoms with E-state index < -0.39 is 0 Å². The van der Waals surface area contributed by atoms with Crippen molar-refractivity contribution in [2.45, 2.75) is 19.4 Å². The van der Waals surface area contributed by atoms with Crippen molar-refractivity contribution in [2.24, 2.45) is 0 Å². The Morgan fingerprint density at radius 1 is 1.37 bits per heavy atom. The molecule has 2 aromatic rings. The number of methoxy groups -OCH3 is 1. The Hall–Kier alpha value is -1.26. The van der Waals surface area contributed by atoms with E-state index in [2.05, 4.69) is 27.3 Å². The molecule has 1 heterocycles. The van der Waals surface area contributed by atoms with Crippen molar-refractivity contribution in [3.8, 4) is 5.75 Å². The second-order valence-electron chi connectivity index (χ2n) is 4.43. The molecule has 2 rings (SSSR count). The maximum absolute atomic E-state index is 5.38. The van der Waals surface area contributed by atoms with Crippen molar-refractivity contribution in [3.63, 3.8) is 0 Å². The maximum Gasteiger partial charge on any atom is 0.119 e. The van der Waals surface area contributed by atoms with Crippen molar-refractivity contribution in [1.29, 1.82) is 0 Å².